The first kappa shape index (κ1) is 17.2. The Morgan fingerprint density at radius 3 is 2.81 bits per heavy atom. The number of aromatic nitrogens is 3. The van der Waals surface area contributed by atoms with Crippen molar-refractivity contribution in [3.8, 4) is 17.6 Å². The molecule has 2 aromatic heterocycles. The molecular formula is C19H17N5O2. The topological polar surface area (TPSA) is 92.8 Å². The molecule has 1 aromatic carbocycles. The van der Waals surface area contributed by atoms with Crippen molar-refractivity contribution in [1.82, 2.24) is 19.9 Å². The molecule has 3 rings (SSSR count). The summed E-state index contributed by atoms with van der Waals surface area (Å²) in [7, 11) is 0. The normalized spacial score (nSPS) is 11.4. The summed E-state index contributed by atoms with van der Waals surface area (Å²) >= 11 is 0. The van der Waals surface area contributed by atoms with Gasteiger partial charge in [0.05, 0.1) is 11.6 Å². The number of pyridine rings is 1. The van der Waals surface area contributed by atoms with E-state index in [1.807, 2.05) is 18.2 Å². The summed E-state index contributed by atoms with van der Waals surface area (Å²) in [4.78, 5) is 20.5. The van der Waals surface area contributed by atoms with Crippen molar-refractivity contribution in [3.63, 3.8) is 0 Å². The largest absolute Gasteiger partial charge is 0.481 e. The smallest absolute Gasteiger partial charge is 0.261 e. The SMILES string of the molecule is CC(Oc1ccc(C#N)cc1)C(=O)NCc1ccnc(-n2ccnc2)c1. The standard InChI is InChI=1S/C19H17N5O2/c1-14(26-17-4-2-15(11-20)3-5-17)19(25)23-12-16-6-7-22-18(10-16)24-9-8-21-13-24/h2-10,13-14H,12H2,1H3,(H,23,25). The zero-order valence-electron chi connectivity index (χ0n) is 14.2. The van der Waals surface area contributed by atoms with Crippen LogP contribution >= 0.6 is 0 Å². The highest BCUT2D eigenvalue weighted by Gasteiger charge is 2.14. The number of nitriles is 1. The van der Waals surface area contributed by atoms with Crippen molar-refractivity contribution >= 4 is 5.91 Å². The molecule has 1 amide bonds. The third-order valence-electron chi connectivity index (χ3n) is 3.71. The number of carbonyl (C=O) groups is 1. The molecule has 3 aromatic rings. The van der Waals surface area contributed by atoms with Crippen molar-refractivity contribution in [2.75, 3.05) is 0 Å². The summed E-state index contributed by atoms with van der Waals surface area (Å²) in [6, 6.07) is 12.4. The van der Waals surface area contributed by atoms with Gasteiger partial charge in [-0.3, -0.25) is 9.36 Å². The Morgan fingerprint density at radius 1 is 1.31 bits per heavy atom. The van der Waals surface area contributed by atoms with E-state index in [0.29, 0.717) is 17.9 Å². The molecule has 2 heterocycles. The van der Waals surface area contributed by atoms with Crippen LogP contribution < -0.4 is 10.1 Å². The Bertz CT molecular complexity index is 914. The summed E-state index contributed by atoms with van der Waals surface area (Å²) in [6.45, 7) is 2.04. The average Bonchev–Trinajstić information content (AvgIpc) is 3.22. The van der Waals surface area contributed by atoms with E-state index in [9.17, 15) is 4.79 Å². The third-order valence-corrected chi connectivity index (χ3v) is 3.71. The maximum absolute atomic E-state index is 12.2. The molecule has 7 heteroatoms. The zero-order valence-corrected chi connectivity index (χ0v) is 14.2. The van der Waals surface area contributed by atoms with E-state index in [1.165, 1.54) is 0 Å². The lowest BCUT2D eigenvalue weighted by Crippen LogP contribution is -2.35. The number of ether oxygens (including phenoxy) is 1. The second kappa shape index (κ2) is 7.94. The summed E-state index contributed by atoms with van der Waals surface area (Å²) in [5.74, 6) is 1.05. The van der Waals surface area contributed by atoms with Gasteiger partial charge in [-0.1, -0.05) is 0 Å². The van der Waals surface area contributed by atoms with Gasteiger partial charge in [-0.15, -0.1) is 0 Å². The van der Waals surface area contributed by atoms with Gasteiger partial charge in [-0.2, -0.15) is 5.26 Å². The van der Waals surface area contributed by atoms with Crippen molar-refractivity contribution < 1.29 is 9.53 Å². The molecule has 0 aliphatic heterocycles. The molecule has 1 atom stereocenters. The lowest BCUT2D eigenvalue weighted by molar-refractivity contribution is -0.127. The van der Waals surface area contributed by atoms with Crippen LogP contribution in [-0.4, -0.2) is 26.5 Å². The van der Waals surface area contributed by atoms with E-state index in [0.717, 1.165) is 11.4 Å². The molecule has 0 saturated carbocycles. The summed E-state index contributed by atoms with van der Waals surface area (Å²) in [5, 5.41) is 11.6. The molecule has 0 bridgehead atoms. The highest BCUT2D eigenvalue weighted by atomic mass is 16.5. The van der Waals surface area contributed by atoms with Crippen LogP contribution in [0.3, 0.4) is 0 Å². The van der Waals surface area contributed by atoms with Gasteiger partial charge in [0, 0.05) is 25.1 Å². The Kier molecular flexibility index (Phi) is 5.25. The van der Waals surface area contributed by atoms with Gasteiger partial charge in [0.2, 0.25) is 0 Å². The van der Waals surface area contributed by atoms with Gasteiger partial charge in [-0.05, 0) is 48.9 Å². The number of carbonyl (C=O) groups excluding carboxylic acids is 1. The number of rotatable bonds is 6. The molecule has 7 nitrogen and oxygen atoms in total. The number of hydrogen-bond donors (Lipinski definition) is 1. The Hall–Kier alpha value is -3.66. The Morgan fingerprint density at radius 2 is 2.12 bits per heavy atom. The summed E-state index contributed by atoms with van der Waals surface area (Å²) < 4.78 is 7.39. The minimum absolute atomic E-state index is 0.227. The fraction of sp³-hybridized carbons (Fsp3) is 0.158. The molecule has 130 valence electrons. The molecule has 0 radical (unpaired) electrons. The van der Waals surface area contributed by atoms with Crippen molar-refractivity contribution in [2.45, 2.75) is 19.6 Å². The molecule has 0 fully saturated rings. The molecule has 26 heavy (non-hydrogen) atoms. The number of amides is 1. The predicted molar refractivity (Wildman–Crippen MR) is 94.5 cm³/mol. The second-order valence-electron chi connectivity index (χ2n) is 5.61. The Labute approximate surface area is 150 Å². The van der Waals surface area contributed by atoms with E-state index in [4.69, 9.17) is 10.00 Å². The Balaban J connectivity index is 1.56. The van der Waals surface area contributed by atoms with Gasteiger partial charge in [0.15, 0.2) is 6.10 Å². The van der Waals surface area contributed by atoms with Gasteiger partial charge in [0.1, 0.15) is 17.9 Å². The monoisotopic (exact) mass is 347 g/mol. The first-order valence-corrected chi connectivity index (χ1v) is 8.03. The van der Waals surface area contributed by atoms with Gasteiger partial charge in [-0.25, -0.2) is 9.97 Å². The number of nitrogens with one attached hydrogen (secondary N) is 1. The maximum Gasteiger partial charge on any atom is 0.261 e. The fourth-order valence-electron chi connectivity index (χ4n) is 2.30. The average molecular weight is 347 g/mol. The first-order chi connectivity index (χ1) is 12.7. The van der Waals surface area contributed by atoms with Gasteiger partial charge >= 0.3 is 0 Å². The van der Waals surface area contributed by atoms with E-state index in [1.54, 1.807) is 60.7 Å². The van der Waals surface area contributed by atoms with Crippen LogP contribution in [0.4, 0.5) is 0 Å². The predicted octanol–water partition coefficient (Wildman–Crippen LogP) is 2.22. The molecule has 1 unspecified atom stereocenters. The number of nitrogens with zero attached hydrogens (tertiary/aromatic N) is 4. The zero-order chi connectivity index (χ0) is 18.4. The van der Waals surface area contributed by atoms with Crippen molar-refractivity contribution in [2.24, 2.45) is 0 Å². The van der Waals surface area contributed by atoms with Crippen LogP contribution in [0.2, 0.25) is 0 Å². The van der Waals surface area contributed by atoms with Crippen LogP contribution in [0.15, 0.2) is 61.3 Å². The fourth-order valence-corrected chi connectivity index (χ4v) is 2.30. The molecule has 0 aliphatic carbocycles. The van der Waals surface area contributed by atoms with E-state index < -0.39 is 6.10 Å². The number of benzene rings is 1. The second-order valence-corrected chi connectivity index (χ2v) is 5.61. The van der Waals surface area contributed by atoms with E-state index in [2.05, 4.69) is 15.3 Å². The van der Waals surface area contributed by atoms with E-state index in [-0.39, 0.29) is 5.91 Å². The highest BCUT2D eigenvalue weighted by molar-refractivity contribution is 5.80. The van der Waals surface area contributed by atoms with Gasteiger partial charge in [0.25, 0.3) is 5.91 Å². The van der Waals surface area contributed by atoms with Crippen molar-refractivity contribution in [3.05, 3.63) is 72.4 Å². The first-order valence-electron chi connectivity index (χ1n) is 8.03. The molecule has 1 N–H and O–H groups in total. The molecule has 0 spiro atoms. The van der Waals surface area contributed by atoms with Crippen LogP contribution in [-0.2, 0) is 11.3 Å². The quantitative estimate of drug-likeness (QED) is 0.738. The third kappa shape index (κ3) is 4.24. The van der Waals surface area contributed by atoms with Gasteiger partial charge < -0.3 is 10.1 Å². The summed E-state index contributed by atoms with van der Waals surface area (Å²) in [6.07, 6.45) is 6.18. The summed E-state index contributed by atoms with van der Waals surface area (Å²) in [5.41, 5.74) is 1.46. The van der Waals surface area contributed by atoms with Crippen LogP contribution in [0.1, 0.15) is 18.1 Å². The molecular weight excluding hydrogens is 330 g/mol. The minimum Gasteiger partial charge on any atom is -0.481 e. The van der Waals surface area contributed by atoms with Crippen molar-refractivity contribution in [1.29, 1.82) is 5.26 Å². The lowest BCUT2D eigenvalue weighted by Gasteiger charge is -2.15. The minimum atomic E-state index is -0.655. The number of hydrogen-bond acceptors (Lipinski definition) is 5. The maximum atomic E-state index is 12.2. The van der Waals surface area contributed by atoms with Crippen LogP contribution in [0.5, 0.6) is 5.75 Å². The van der Waals surface area contributed by atoms with Crippen LogP contribution in [0, 0.1) is 11.3 Å². The number of imidazole rings is 1. The molecule has 0 saturated heterocycles. The highest BCUT2D eigenvalue weighted by Crippen LogP contribution is 2.13. The molecule has 0 aliphatic rings. The van der Waals surface area contributed by atoms with Crippen LogP contribution in [0.25, 0.3) is 5.82 Å². The van der Waals surface area contributed by atoms with E-state index >= 15 is 0 Å². The lowest BCUT2D eigenvalue weighted by atomic mass is 10.2.